The number of alkyl carbamates (subject to hydrolysis) is 1. The molecule has 0 aromatic heterocycles. The third-order valence-corrected chi connectivity index (χ3v) is 3.73. The largest absolute Gasteiger partial charge is 0.444 e. The first-order chi connectivity index (χ1) is 13.1. The number of nitrogens with zero attached hydrogens (tertiary/aromatic N) is 2. The van der Waals surface area contributed by atoms with Crippen molar-refractivity contribution in [1.82, 2.24) is 20.9 Å². The van der Waals surface area contributed by atoms with E-state index in [1.165, 1.54) is 12.1 Å². The van der Waals surface area contributed by atoms with Gasteiger partial charge in [-0.2, -0.15) is 0 Å². The van der Waals surface area contributed by atoms with Crippen molar-refractivity contribution in [1.29, 1.82) is 0 Å². The monoisotopic (exact) mass is 395 g/mol. The van der Waals surface area contributed by atoms with Crippen molar-refractivity contribution in [3.63, 3.8) is 0 Å². The molecular weight excluding hydrogens is 361 g/mol. The van der Waals surface area contributed by atoms with Crippen molar-refractivity contribution >= 4 is 12.1 Å². The Morgan fingerprint density at radius 3 is 2.29 bits per heavy atom. The first kappa shape index (κ1) is 23.7. The van der Waals surface area contributed by atoms with E-state index >= 15 is 0 Å². The van der Waals surface area contributed by atoms with Gasteiger partial charge in [0, 0.05) is 19.6 Å². The Hall–Kier alpha value is -2.35. The number of nitrogens with one attached hydrogen (secondary N) is 3. The minimum Gasteiger partial charge on any atom is -0.444 e. The molecule has 0 aliphatic rings. The number of hydrogen-bond acceptors (Lipinski definition) is 4. The predicted octanol–water partition coefficient (Wildman–Crippen LogP) is 2.51. The fourth-order valence-corrected chi connectivity index (χ4v) is 2.43. The summed E-state index contributed by atoms with van der Waals surface area (Å²) in [4.78, 5) is 18.3. The molecule has 0 heterocycles. The maximum absolute atomic E-state index is 13.2. The number of guanidine groups is 1. The van der Waals surface area contributed by atoms with Crippen LogP contribution in [0, 0.1) is 5.82 Å². The number of hydrogen-bond donors (Lipinski definition) is 3. The summed E-state index contributed by atoms with van der Waals surface area (Å²) >= 11 is 0. The molecule has 3 N–H and O–H groups in total. The summed E-state index contributed by atoms with van der Waals surface area (Å²) in [6.45, 7) is 9.60. The zero-order chi connectivity index (χ0) is 21.2. The highest BCUT2D eigenvalue weighted by Crippen LogP contribution is 2.18. The summed E-state index contributed by atoms with van der Waals surface area (Å²) in [5.74, 6) is 0.403. The number of amides is 1. The molecule has 0 radical (unpaired) electrons. The van der Waals surface area contributed by atoms with Gasteiger partial charge in [0.2, 0.25) is 0 Å². The highest BCUT2D eigenvalue weighted by molar-refractivity contribution is 5.79. The van der Waals surface area contributed by atoms with Crippen LogP contribution in [0.15, 0.2) is 29.3 Å². The average molecular weight is 396 g/mol. The van der Waals surface area contributed by atoms with Crippen molar-refractivity contribution in [2.24, 2.45) is 4.99 Å². The topological polar surface area (TPSA) is 78.0 Å². The molecule has 0 bridgehead atoms. The number of halogens is 1. The van der Waals surface area contributed by atoms with Crippen LogP contribution in [-0.2, 0) is 4.74 Å². The summed E-state index contributed by atoms with van der Waals surface area (Å²) in [7, 11) is 3.93. The Balaban J connectivity index is 2.59. The number of ether oxygens (including phenoxy) is 1. The summed E-state index contributed by atoms with van der Waals surface area (Å²) in [5.41, 5.74) is 0.479. The van der Waals surface area contributed by atoms with Gasteiger partial charge < -0.3 is 25.6 Å². The number of aliphatic imine (C=N–C) groups is 1. The van der Waals surface area contributed by atoms with Gasteiger partial charge in [-0.05, 0) is 59.5 Å². The maximum Gasteiger partial charge on any atom is 0.407 e. The van der Waals surface area contributed by atoms with Gasteiger partial charge in [0.25, 0.3) is 0 Å². The molecule has 1 aromatic carbocycles. The molecule has 1 rings (SSSR count). The lowest BCUT2D eigenvalue weighted by atomic mass is 10.1. The predicted molar refractivity (Wildman–Crippen MR) is 111 cm³/mol. The third kappa shape index (κ3) is 9.55. The van der Waals surface area contributed by atoms with Gasteiger partial charge in [0.1, 0.15) is 11.4 Å². The van der Waals surface area contributed by atoms with E-state index in [-0.39, 0.29) is 11.9 Å². The lowest BCUT2D eigenvalue weighted by Gasteiger charge is -2.24. The van der Waals surface area contributed by atoms with Crippen molar-refractivity contribution in [2.75, 3.05) is 40.3 Å². The van der Waals surface area contributed by atoms with Crippen molar-refractivity contribution in [3.05, 3.63) is 35.6 Å². The minimum absolute atomic E-state index is 0.0240. The van der Waals surface area contributed by atoms with E-state index in [1.807, 2.05) is 46.7 Å². The maximum atomic E-state index is 13.2. The Morgan fingerprint density at radius 2 is 1.75 bits per heavy atom. The molecule has 0 fully saturated rings. The normalized spacial score (nSPS) is 13.2. The molecular formula is C20H34FN5O2. The number of carbonyl (C=O) groups excluding carboxylic acids is 1. The van der Waals surface area contributed by atoms with Gasteiger partial charge in [-0.15, -0.1) is 0 Å². The molecule has 158 valence electrons. The van der Waals surface area contributed by atoms with Crippen LogP contribution in [0.1, 0.15) is 39.3 Å². The second kappa shape index (κ2) is 11.5. The van der Waals surface area contributed by atoms with Gasteiger partial charge >= 0.3 is 6.09 Å². The number of benzene rings is 1. The lowest BCUT2D eigenvalue weighted by Crippen LogP contribution is -2.42. The van der Waals surface area contributed by atoms with Crippen molar-refractivity contribution < 1.29 is 13.9 Å². The second-order valence-corrected chi connectivity index (χ2v) is 7.61. The lowest BCUT2D eigenvalue weighted by molar-refractivity contribution is 0.0529. The van der Waals surface area contributed by atoms with Crippen LogP contribution in [0.2, 0.25) is 0 Å². The van der Waals surface area contributed by atoms with Gasteiger partial charge in [0.15, 0.2) is 5.96 Å². The van der Waals surface area contributed by atoms with Crippen LogP contribution in [-0.4, -0.2) is 62.8 Å². The first-order valence-corrected chi connectivity index (χ1v) is 9.53. The van der Waals surface area contributed by atoms with Crippen LogP contribution in [0.5, 0.6) is 0 Å². The number of rotatable bonds is 8. The molecule has 8 heteroatoms. The van der Waals surface area contributed by atoms with Crippen LogP contribution in [0.25, 0.3) is 0 Å². The highest BCUT2D eigenvalue weighted by Gasteiger charge is 2.16. The summed E-state index contributed by atoms with van der Waals surface area (Å²) in [6.07, 6.45) is -0.444. The molecule has 1 atom stereocenters. The molecule has 1 aromatic rings. The molecule has 0 aliphatic heterocycles. The Kier molecular flexibility index (Phi) is 9.72. The quantitative estimate of drug-likeness (QED) is 0.358. The van der Waals surface area contributed by atoms with Crippen LogP contribution >= 0.6 is 0 Å². The minimum atomic E-state index is -0.518. The van der Waals surface area contributed by atoms with E-state index < -0.39 is 11.7 Å². The summed E-state index contributed by atoms with van der Waals surface area (Å²) in [5, 5.41) is 9.06. The van der Waals surface area contributed by atoms with E-state index in [0.717, 1.165) is 5.56 Å². The third-order valence-electron chi connectivity index (χ3n) is 3.73. The molecule has 7 nitrogen and oxygen atoms in total. The van der Waals surface area contributed by atoms with E-state index in [9.17, 15) is 9.18 Å². The van der Waals surface area contributed by atoms with Gasteiger partial charge in [-0.3, -0.25) is 4.99 Å². The van der Waals surface area contributed by atoms with Gasteiger partial charge in [0.05, 0.1) is 12.6 Å². The average Bonchev–Trinajstić information content (AvgIpc) is 2.58. The van der Waals surface area contributed by atoms with E-state index in [4.69, 9.17) is 4.74 Å². The van der Waals surface area contributed by atoms with Crippen LogP contribution in [0.3, 0.4) is 0 Å². The Labute approximate surface area is 167 Å². The fourth-order valence-electron chi connectivity index (χ4n) is 2.43. The number of likely N-dealkylation sites (N-methyl/N-ethyl adjacent to an activating group) is 1. The standard InChI is InChI=1S/C20H34FN5O2/c1-7-22-18(23-12-13-24-19(27)28-20(2,3)4)25-14-17(26(5)6)15-8-10-16(21)11-9-15/h8-11,17H,7,12-14H2,1-6H3,(H,24,27)(H2,22,23,25). The molecule has 0 saturated heterocycles. The molecule has 0 aliphatic carbocycles. The fraction of sp³-hybridized carbons (Fsp3) is 0.600. The van der Waals surface area contributed by atoms with Crippen molar-refractivity contribution in [2.45, 2.75) is 39.3 Å². The van der Waals surface area contributed by atoms with E-state index in [0.29, 0.717) is 32.1 Å². The Bertz CT molecular complexity index is 626. The molecule has 1 unspecified atom stereocenters. The Morgan fingerprint density at radius 1 is 1.14 bits per heavy atom. The second-order valence-electron chi connectivity index (χ2n) is 7.61. The first-order valence-electron chi connectivity index (χ1n) is 9.53. The smallest absolute Gasteiger partial charge is 0.407 e. The molecule has 0 saturated carbocycles. The summed E-state index contributed by atoms with van der Waals surface area (Å²) < 4.78 is 18.4. The zero-order valence-corrected chi connectivity index (χ0v) is 17.8. The van der Waals surface area contributed by atoms with Crippen LogP contribution < -0.4 is 16.0 Å². The highest BCUT2D eigenvalue weighted by atomic mass is 19.1. The molecule has 1 amide bonds. The summed E-state index contributed by atoms with van der Waals surface area (Å²) in [6, 6.07) is 6.50. The number of carbonyl (C=O) groups is 1. The zero-order valence-electron chi connectivity index (χ0n) is 17.8. The molecule has 0 spiro atoms. The van der Waals surface area contributed by atoms with E-state index in [2.05, 4.69) is 20.9 Å². The van der Waals surface area contributed by atoms with Crippen LogP contribution in [0.4, 0.5) is 9.18 Å². The van der Waals surface area contributed by atoms with Gasteiger partial charge in [-0.1, -0.05) is 12.1 Å². The van der Waals surface area contributed by atoms with E-state index in [1.54, 1.807) is 12.1 Å². The molecule has 28 heavy (non-hydrogen) atoms. The van der Waals surface area contributed by atoms with Crippen molar-refractivity contribution in [3.8, 4) is 0 Å². The SMILES string of the molecule is CCNC(=NCC(c1ccc(F)cc1)N(C)C)NCCNC(=O)OC(C)(C)C. The van der Waals surface area contributed by atoms with Gasteiger partial charge in [-0.25, -0.2) is 9.18 Å².